The van der Waals surface area contributed by atoms with Crippen LogP contribution < -0.4 is 5.32 Å². The molecule has 0 spiro atoms. The first-order valence-electron chi connectivity index (χ1n) is 4.38. The van der Waals surface area contributed by atoms with Gasteiger partial charge in [-0.15, -0.1) is 0 Å². The van der Waals surface area contributed by atoms with Gasteiger partial charge < -0.3 is 20.3 Å². The molecule has 0 bridgehead atoms. The summed E-state index contributed by atoms with van der Waals surface area (Å²) in [5.41, 5.74) is -0.773. The first-order chi connectivity index (χ1) is 6.64. The number of nitrogens with one attached hydrogen (secondary N) is 1. The molecule has 0 aromatic carbocycles. The molecule has 0 amide bonds. The zero-order valence-electron chi connectivity index (χ0n) is 8.49. The van der Waals surface area contributed by atoms with E-state index in [4.69, 9.17) is 10.2 Å². The van der Waals surface area contributed by atoms with Gasteiger partial charge in [-0.25, -0.2) is 4.79 Å². The van der Waals surface area contributed by atoms with Crippen molar-refractivity contribution in [3.63, 3.8) is 0 Å². The van der Waals surface area contributed by atoms with E-state index in [2.05, 4.69) is 10.1 Å². The largest absolute Gasteiger partial charge is 0.466 e. The van der Waals surface area contributed by atoms with E-state index >= 15 is 0 Å². The zero-order valence-corrected chi connectivity index (χ0v) is 8.49. The molecule has 0 radical (unpaired) electrons. The van der Waals surface area contributed by atoms with Crippen molar-refractivity contribution in [1.82, 2.24) is 5.32 Å². The van der Waals surface area contributed by atoms with Gasteiger partial charge in [0.25, 0.3) is 0 Å². The summed E-state index contributed by atoms with van der Waals surface area (Å²) in [7, 11) is 1.28. The molecule has 5 nitrogen and oxygen atoms in total. The lowest BCUT2D eigenvalue weighted by Crippen LogP contribution is -2.48. The van der Waals surface area contributed by atoms with E-state index in [1.54, 1.807) is 0 Å². The minimum Gasteiger partial charge on any atom is -0.466 e. The SMILES string of the molecule is CCC(CO)(CO)N/C=C/C(=O)OC. The lowest BCUT2D eigenvalue weighted by Gasteiger charge is -2.28. The molecule has 0 aliphatic carbocycles. The standard InChI is InChI=1S/C9H17NO4/c1-3-9(6-11,7-12)10-5-4-8(13)14-2/h4-5,10-12H,3,6-7H2,1-2H3/b5-4+. The van der Waals surface area contributed by atoms with Crippen LogP contribution in [0.15, 0.2) is 12.3 Å². The number of methoxy groups -OCH3 is 1. The molecule has 0 aliphatic heterocycles. The Morgan fingerprint density at radius 2 is 2.07 bits per heavy atom. The zero-order chi connectivity index (χ0) is 11.0. The van der Waals surface area contributed by atoms with Crippen LogP contribution in [0.3, 0.4) is 0 Å². The lowest BCUT2D eigenvalue weighted by atomic mass is 9.99. The Hall–Kier alpha value is -1.07. The Kier molecular flexibility index (Phi) is 5.91. The van der Waals surface area contributed by atoms with Crippen molar-refractivity contribution in [3.8, 4) is 0 Å². The third kappa shape index (κ3) is 3.76. The van der Waals surface area contributed by atoms with Crippen molar-refractivity contribution in [2.45, 2.75) is 18.9 Å². The van der Waals surface area contributed by atoms with E-state index in [9.17, 15) is 4.79 Å². The molecule has 0 unspecified atom stereocenters. The molecular weight excluding hydrogens is 186 g/mol. The second-order valence-electron chi connectivity index (χ2n) is 2.95. The van der Waals surface area contributed by atoms with Crippen LogP contribution in [0.1, 0.15) is 13.3 Å². The van der Waals surface area contributed by atoms with Crippen LogP contribution in [0.4, 0.5) is 0 Å². The van der Waals surface area contributed by atoms with Crippen molar-refractivity contribution >= 4 is 5.97 Å². The van der Waals surface area contributed by atoms with Crippen LogP contribution in [-0.2, 0) is 9.53 Å². The number of aliphatic hydroxyl groups excluding tert-OH is 2. The molecular formula is C9H17NO4. The summed E-state index contributed by atoms with van der Waals surface area (Å²) in [5, 5.41) is 20.8. The van der Waals surface area contributed by atoms with E-state index in [0.717, 1.165) is 0 Å². The first-order valence-corrected chi connectivity index (χ1v) is 4.38. The van der Waals surface area contributed by atoms with Gasteiger partial charge in [0, 0.05) is 12.3 Å². The third-order valence-electron chi connectivity index (χ3n) is 2.09. The average molecular weight is 203 g/mol. The molecule has 0 saturated heterocycles. The molecule has 14 heavy (non-hydrogen) atoms. The normalized spacial score (nSPS) is 11.7. The molecule has 3 N–H and O–H groups in total. The quantitative estimate of drug-likeness (QED) is 0.397. The number of hydrogen-bond donors (Lipinski definition) is 3. The highest BCUT2D eigenvalue weighted by Crippen LogP contribution is 2.07. The van der Waals surface area contributed by atoms with Crippen LogP contribution in [0.2, 0.25) is 0 Å². The summed E-state index contributed by atoms with van der Waals surface area (Å²) >= 11 is 0. The Morgan fingerprint density at radius 3 is 2.43 bits per heavy atom. The highest BCUT2D eigenvalue weighted by atomic mass is 16.5. The smallest absolute Gasteiger partial charge is 0.331 e. The Morgan fingerprint density at radius 1 is 1.50 bits per heavy atom. The predicted octanol–water partition coefficient (Wildman–Crippen LogP) is -0.604. The number of hydrogen-bond acceptors (Lipinski definition) is 5. The van der Waals surface area contributed by atoms with E-state index < -0.39 is 11.5 Å². The number of aliphatic hydroxyl groups is 2. The minimum absolute atomic E-state index is 0.203. The number of rotatable bonds is 6. The van der Waals surface area contributed by atoms with Gasteiger partial charge in [-0.1, -0.05) is 6.92 Å². The monoisotopic (exact) mass is 203 g/mol. The maximum atomic E-state index is 10.7. The molecule has 5 heteroatoms. The second kappa shape index (κ2) is 6.39. The highest BCUT2D eigenvalue weighted by molar-refractivity contribution is 5.81. The van der Waals surface area contributed by atoms with Gasteiger partial charge in [0.2, 0.25) is 0 Å². The molecule has 0 aliphatic rings. The fourth-order valence-corrected chi connectivity index (χ4v) is 0.821. The van der Waals surface area contributed by atoms with Crippen LogP contribution in [0.5, 0.6) is 0 Å². The average Bonchev–Trinajstić information content (AvgIpc) is 2.25. The molecule has 0 aromatic heterocycles. The van der Waals surface area contributed by atoms with Crippen LogP contribution >= 0.6 is 0 Å². The fraction of sp³-hybridized carbons (Fsp3) is 0.667. The van der Waals surface area contributed by atoms with Gasteiger partial charge in [0.15, 0.2) is 0 Å². The van der Waals surface area contributed by atoms with Crippen molar-refractivity contribution < 1.29 is 19.7 Å². The molecule has 0 rings (SSSR count). The van der Waals surface area contributed by atoms with Gasteiger partial charge in [0.1, 0.15) is 0 Å². The Labute approximate surface area is 83.4 Å². The van der Waals surface area contributed by atoms with Crippen molar-refractivity contribution in [2.24, 2.45) is 0 Å². The number of ether oxygens (including phenoxy) is 1. The molecule has 0 saturated carbocycles. The number of carbonyl (C=O) groups excluding carboxylic acids is 1. The van der Waals surface area contributed by atoms with E-state index in [0.29, 0.717) is 6.42 Å². The van der Waals surface area contributed by atoms with Crippen molar-refractivity contribution in [3.05, 3.63) is 12.3 Å². The van der Waals surface area contributed by atoms with Gasteiger partial charge in [0.05, 0.1) is 25.9 Å². The van der Waals surface area contributed by atoms with E-state index in [1.165, 1.54) is 19.4 Å². The van der Waals surface area contributed by atoms with E-state index in [1.807, 2.05) is 6.92 Å². The maximum absolute atomic E-state index is 10.7. The van der Waals surface area contributed by atoms with Crippen LogP contribution in [0, 0.1) is 0 Å². The summed E-state index contributed by atoms with van der Waals surface area (Å²) in [6, 6.07) is 0. The van der Waals surface area contributed by atoms with Crippen molar-refractivity contribution in [1.29, 1.82) is 0 Å². The van der Waals surface area contributed by atoms with Crippen molar-refractivity contribution in [2.75, 3.05) is 20.3 Å². The maximum Gasteiger partial charge on any atom is 0.331 e. The highest BCUT2D eigenvalue weighted by Gasteiger charge is 2.24. The Bertz CT molecular complexity index is 191. The molecule has 0 heterocycles. The Balaban J connectivity index is 4.18. The molecule has 0 atom stereocenters. The summed E-state index contributed by atoms with van der Waals surface area (Å²) in [6.07, 6.45) is 3.10. The lowest BCUT2D eigenvalue weighted by molar-refractivity contribution is -0.134. The summed E-state index contributed by atoms with van der Waals surface area (Å²) in [5.74, 6) is -0.488. The first kappa shape index (κ1) is 12.9. The fourth-order valence-electron chi connectivity index (χ4n) is 0.821. The molecule has 0 aromatic rings. The molecule has 0 fully saturated rings. The third-order valence-corrected chi connectivity index (χ3v) is 2.09. The van der Waals surface area contributed by atoms with Crippen LogP contribution in [-0.4, -0.2) is 42.0 Å². The van der Waals surface area contributed by atoms with Gasteiger partial charge in [-0.05, 0) is 6.42 Å². The summed E-state index contributed by atoms with van der Waals surface area (Å²) in [6.45, 7) is 1.42. The topological polar surface area (TPSA) is 78.8 Å². The number of carbonyl (C=O) groups is 1. The minimum atomic E-state index is -0.773. The van der Waals surface area contributed by atoms with Crippen LogP contribution in [0.25, 0.3) is 0 Å². The molecule has 82 valence electrons. The van der Waals surface area contributed by atoms with E-state index in [-0.39, 0.29) is 13.2 Å². The van der Waals surface area contributed by atoms with Gasteiger partial charge in [-0.3, -0.25) is 0 Å². The predicted molar refractivity (Wildman–Crippen MR) is 51.5 cm³/mol. The van der Waals surface area contributed by atoms with Gasteiger partial charge in [-0.2, -0.15) is 0 Å². The number of esters is 1. The summed E-state index contributed by atoms with van der Waals surface area (Å²) < 4.78 is 4.38. The van der Waals surface area contributed by atoms with Gasteiger partial charge >= 0.3 is 5.97 Å². The second-order valence-corrected chi connectivity index (χ2v) is 2.95. The summed E-state index contributed by atoms with van der Waals surface area (Å²) in [4.78, 5) is 10.7.